The van der Waals surface area contributed by atoms with Crippen molar-refractivity contribution in [3.05, 3.63) is 69.2 Å². The molecule has 0 aliphatic heterocycles. The predicted molar refractivity (Wildman–Crippen MR) is 102 cm³/mol. The van der Waals surface area contributed by atoms with Gasteiger partial charge in [0.25, 0.3) is 0 Å². The molecular weight excluding hydrogens is 380 g/mol. The molecule has 0 heterocycles. The Balaban J connectivity index is 2.23. The zero-order valence-corrected chi connectivity index (χ0v) is 16.4. The minimum absolute atomic E-state index is 0.0764. The third kappa shape index (κ3) is 5.75. The van der Waals surface area contributed by atoms with Crippen LogP contribution in [0.25, 0.3) is 0 Å². The molecule has 4 nitrogen and oxygen atoms in total. The van der Waals surface area contributed by atoms with Crippen molar-refractivity contribution in [1.29, 1.82) is 0 Å². The second-order valence-electron chi connectivity index (χ2n) is 6.04. The van der Waals surface area contributed by atoms with E-state index in [4.69, 9.17) is 28.1 Å². The molecule has 3 N–H and O–H groups in total. The van der Waals surface area contributed by atoms with E-state index in [9.17, 15) is 9.67 Å². The largest absolute Gasteiger partial charge is 0.510 e. The first-order valence-electron chi connectivity index (χ1n) is 7.89. The Labute approximate surface area is 158 Å². The highest BCUT2D eigenvalue weighted by atomic mass is 35.5. The number of nitrogens with one attached hydrogen (secondary N) is 1. The van der Waals surface area contributed by atoms with E-state index in [-0.39, 0.29) is 18.2 Å². The molecule has 2 aromatic carbocycles. The van der Waals surface area contributed by atoms with Gasteiger partial charge in [-0.3, -0.25) is 0 Å². The van der Waals surface area contributed by atoms with Crippen molar-refractivity contribution in [2.45, 2.75) is 38.2 Å². The highest BCUT2D eigenvalue weighted by Crippen LogP contribution is 2.29. The fourth-order valence-electron chi connectivity index (χ4n) is 2.70. The first kappa shape index (κ1) is 20.3. The number of aliphatic hydroxyl groups is 1. The summed E-state index contributed by atoms with van der Waals surface area (Å²) in [6, 6.07) is 12.4. The molecule has 4 atom stereocenters. The van der Waals surface area contributed by atoms with E-state index in [0.29, 0.717) is 10.0 Å². The molecule has 2 unspecified atom stereocenters. The number of hydrogen-bond acceptors (Lipinski definition) is 3. The molecule has 0 aliphatic carbocycles. The third-order valence-corrected chi connectivity index (χ3v) is 5.36. The summed E-state index contributed by atoms with van der Waals surface area (Å²) in [5.74, 6) is 0. The fourth-order valence-corrected chi connectivity index (χ4v) is 3.52. The highest BCUT2D eigenvalue weighted by molar-refractivity contribution is 7.37. The van der Waals surface area contributed by atoms with Crippen LogP contribution in [-0.2, 0) is 10.7 Å². The van der Waals surface area contributed by atoms with Crippen LogP contribution in [0.1, 0.15) is 42.6 Å². The Kier molecular flexibility index (Phi) is 7.38. The lowest BCUT2D eigenvalue weighted by atomic mass is 9.98. The number of rotatable bonds is 7. The van der Waals surface area contributed by atoms with Crippen LogP contribution in [0.15, 0.2) is 42.5 Å². The molecule has 25 heavy (non-hydrogen) atoms. The Morgan fingerprint density at radius 3 is 2.40 bits per heavy atom. The fraction of sp³-hybridized carbons (Fsp3) is 0.333. The molecule has 0 aliphatic rings. The third-order valence-electron chi connectivity index (χ3n) is 3.98. The van der Waals surface area contributed by atoms with Gasteiger partial charge < -0.3 is 10.4 Å². The normalized spacial score (nSPS) is 15.5. The van der Waals surface area contributed by atoms with Crippen LogP contribution < -0.4 is 5.32 Å². The first-order valence-corrected chi connectivity index (χ1v) is 10.0. The molecule has 2 aromatic rings. The second kappa shape index (κ2) is 9.09. The van der Waals surface area contributed by atoms with Gasteiger partial charge in [-0.05, 0) is 47.7 Å². The monoisotopic (exact) mass is 400 g/mol. The van der Waals surface area contributed by atoms with Crippen molar-refractivity contribution in [2.24, 2.45) is 0 Å². The molecule has 0 amide bonds. The van der Waals surface area contributed by atoms with Crippen molar-refractivity contribution >= 4 is 31.2 Å². The van der Waals surface area contributed by atoms with Gasteiger partial charge in [-0.1, -0.05) is 47.5 Å². The zero-order chi connectivity index (χ0) is 18.6. The summed E-state index contributed by atoms with van der Waals surface area (Å²) in [6.07, 6.45) is -0.554. The van der Waals surface area contributed by atoms with Gasteiger partial charge >= 0.3 is 8.03 Å². The van der Waals surface area contributed by atoms with Crippen molar-refractivity contribution in [3.8, 4) is 0 Å². The smallest absolute Gasteiger partial charge is 0.391 e. The quantitative estimate of drug-likeness (QED) is 0.571. The number of halogens is 2. The lowest BCUT2D eigenvalue weighted by molar-refractivity contribution is 0.139. The van der Waals surface area contributed by atoms with E-state index >= 15 is 0 Å². The Hall–Kier alpha value is -1.000. The summed E-state index contributed by atoms with van der Waals surface area (Å²) in [6.45, 7) is 3.68. The molecule has 0 saturated carbocycles. The van der Waals surface area contributed by atoms with Gasteiger partial charge in [0.1, 0.15) is 0 Å². The summed E-state index contributed by atoms with van der Waals surface area (Å²) in [4.78, 5) is 9.11. The number of aliphatic hydroxyl groups excluding tert-OH is 1. The molecular formula is C18H21Cl2NO3P+. The number of benzene rings is 2. The SMILES string of the molecule is C[C@H](NC(c1cccc(C[P+](=O)O)c1)[C@H](C)O)c1ccc(Cl)c(Cl)c1. The molecule has 0 fully saturated rings. The molecule has 7 heteroatoms. The van der Waals surface area contributed by atoms with Crippen LogP contribution in [0.4, 0.5) is 0 Å². The summed E-state index contributed by atoms with van der Waals surface area (Å²) in [7, 11) is -2.24. The number of hydrogen-bond donors (Lipinski definition) is 3. The summed E-state index contributed by atoms with van der Waals surface area (Å²) >= 11 is 12.0. The predicted octanol–water partition coefficient (Wildman–Crippen LogP) is 5.00. The van der Waals surface area contributed by atoms with Crippen LogP contribution in [0.2, 0.25) is 10.0 Å². The summed E-state index contributed by atoms with van der Waals surface area (Å²) in [5.41, 5.74) is 2.57. The van der Waals surface area contributed by atoms with Crippen LogP contribution in [-0.4, -0.2) is 16.1 Å². The average molecular weight is 401 g/mol. The molecule has 0 aromatic heterocycles. The van der Waals surface area contributed by atoms with Gasteiger partial charge in [-0.2, -0.15) is 4.89 Å². The maximum absolute atomic E-state index is 11.1. The van der Waals surface area contributed by atoms with Crippen molar-refractivity contribution in [1.82, 2.24) is 5.32 Å². The minimum Gasteiger partial charge on any atom is -0.391 e. The van der Waals surface area contributed by atoms with E-state index < -0.39 is 14.1 Å². The molecule has 134 valence electrons. The van der Waals surface area contributed by atoms with E-state index in [1.807, 2.05) is 31.2 Å². The molecule has 0 radical (unpaired) electrons. The van der Waals surface area contributed by atoms with E-state index in [2.05, 4.69) is 5.32 Å². The zero-order valence-electron chi connectivity index (χ0n) is 14.0. The van der Waals surface area contributed by atoms with Crippen LogP contribution in [0.3, 0.4) is 0 Å². The molecule has 2 rings (SSSR count). The first-order chi connectivity index (χ1) is 11.8. The van der Waals surface area contributed by atoms with Crippen molar-refractivity contribution in [2.75, 3.05) is 0 Å². The van der Waals surface area contributed by atoms with Crippen molar-refractivity contribution < 1.29 is 14.6 Å². The van der Waals surface area contributed by atoms with E-state index in [0.717, 1.165) is 16.7 Å². The molecule has 0 saturated heterocycles. The lowest BCUT2D eigenvalue weighted by Gasteiger charge is -2.27. The molecule has 0 bridgehead atoms. The van der Waals surface area contributed by atoms with Crippen LogP contribution in [0, 0.1) is 0 Å². The minimum atomic E-state index is -2.24. The summed E-state index contributed by atoms with van der Waals surface area (Å²) in [5, 5.41) is 14.6. The van der Waals surface area contributed by atoms with Gasteiger partial charge in [-0.15, -0.1) is 0 Å². The molecule has 0 spiro atoms. The lowest BCUT2D eigenvalue weighted by Crippen LogP contribution is -2.32. The Morgan fingerprint density at radius 2 is 1.80 bits per heavy atom. The second-order valence-corrected chi connectivity index (χ2v) is 7.87. The van der Waals surface area contributed by atoms with E-state index in [1.165, 1.54) is 0 Å². The van der Waals surface area contributed by atoms with Gasteiger partial charge in [0.05, 0.1) is 22.2 Å². The van der Waals surface area contributed by atoms with Crippen LogP contribution >= 0.6 is 31.2 Å². The van der Waals surface area contributed by atoms with Gasteiger partial charge in [0.2, 0.25) is 6.16 Å². The average Bonchev–Trinajstić information content (AvgIpc) is 2.54. The Morgan fingerprint density at radius 1 is 1.08 bits per heavy atom. The maximum Gasteiger partial charge on any atom is 0.510 e. The standard InChI is InChI=1S/C18H20Cl2NO3P/c1-11(14-6-7-16(19)17(20)9-14)21-18(12(2)22)15-5-3-4-13(8-15)10-25(23)24/h3-9,11-12,18,21-22H,10H2,1-2H3/p+1/t11-,12-,18?/m0/s1. The van der Waals surface area contributed by atoms with Crippen molar-refractivity contribution in [3.63, 3.8) is 0 Å². The van der Waals surface area contributed by atoms with Gasteiger partial charge in [-0.25, -0.2) is 0 Å². The van der Waals surface area contributed by atoms with Gasteiger partial charge in [0.15, 0.2) is 0 Å². The van der Waals surface area contributed by atoms with E-state index in [1.54, 1.807) is 25.1 Å². The topological polar surface area (TPSA) is 69.6 Å². The highest BCUT2D eigenvalue weighted by Gasteiger charge is 2.22. The van der Waals surface area contributed by atoms with Gasteiger partial charge in [0, 0.05) is 11.6 Å². The van der Waals surface area contributed by atoms with Crippen LogP contribution in [0.5, 0.6) is 0 Å². The summed E-state index contributed by atoms with van der Waals surface area (Å²) < 4.78 is 11.1. The Bertz CT molecular complexity index is 755. The maximum atomic E-state index is 11.1.